The van der Waals surface area contributed by atoms with E-state index >= 15 is 0 Å². The first-order chi connectivity index (χ1) is 12.7. The predicted octanol–water partition coefficient (Wildman–Crippen LogP) is 3.75. The molecule has 1 aliphatic rings. The van der Waals surface area contributed by atoms with E-state index in [2.05, 4.69) is 16.0 Å². The first kappa shape index (κ1) is 18.0. The standard InChI is InChI=1S/C21H25N3O2/c25-20(17-12-6-2-7-13-17)23-19(16-10-4-1-5-11-16)24-21(26)22-18-14-8-3-9-15-18/h1-2,4-7,10-13,18-19H,3,8-9,14-15H2,(H,23,25)(H2,22,24,26). The minimum Gasteiger partial charge on any atom is -0.335 e. The van der Waals surface area contributed by atoms with Crippen molar-refractivity contribution in [2.24, 2.45) is 0 Å². The van der Waals surface area contributed by atoms with Gasteiger partial charge in [0.05, 0.1) is 0 Å². The molecular weight excluding hydrogens is 326 g/mol. The summed E-state index contributed by atoms with van der Waals surface area (Å²) in [6, 6.07) is 18.4. The van der Waals surface area contributed by atoms with Crippen molar-refractivity contribution in [3.63, 3.8) is 0 Å². The molecule has 2 aromatic rings. The van der Waals surface area contributed by atoms with Crippen molar-refractivity contribution in [2.45, 2.75) is 44.3 Å². The largest absolute Gasteiger partial charge is 0.335 e. The van der Waals surface area contributed by atoms with Gasteiger partial charge in [-0.05, 0) is 30.5 Å². The zero-order chi connectivity index (χ0) is 18.2. The number of amides is 3. The highest BCUT2D eigenvalue weighted by Gasteiger charge is 2.20. The van der Waals surface area contributed by atoms with Gasteiger partial charge in [0.15, 0.2) is 0 Å². The highest BCUT2D eigenvalue weighted by molar-refractivity contribution is 5.94. The van der Waals surface area contributed by atoms with Crippen molar-refractivity contribution in [3.8, 4) is 0 Å². The Kier molecular flexibility index (Phi) is 6.25. The van der Waals surface area contributed by atoms with Gasteiger partial charge >= 0.3 is 6.03 Å². The topological polar surface area (TPSA) is 70.2 Å². The molecule has 3 N–H and O–H groups in total. The second-order valence-corrected chi connectivity index (χ2v) is 6.64. The summed E-state index contributed by atoms with van der Waals surface area (Å²) < 4.78 is 0. The molecule has 0 bridgehead atoms. The molecule has 1 saturated carbocycles. The first-order valence-electron chi connectivity index (χ1n) is 9.20. The van der Waals surface area contributed by atoms with Gasteiger partial charge in [0.1, 0.15) is 6.17 Å². The molecule has 0 saturated heterocycles. The van der Waals surface area contributed by atoms with E-state index in [0.29, 0.717) is 5.56 Å². The Morgan fingerprint density at radius 1 is 0.808 bits per heavy atom. The van der Waals surface area contributed by atoms with Crippen LogP contribution in [0.4, 0.5) is 4.79 Å². The molecule has 1 unspecified atom stereocenters. The van der Waals surface area contributed by atoms with Gasteiger partial charge in [-0.25, -0.2) is 4.79 Å². The molecule has 1 fully saturated rings. The monoisotopic (exact) mass is 351 g/mol. The average molecular weight is 351 g/mol. The Hall–Kier alpha value is -2.82. The van der Waals surface area contributed by atoms with Gasteiger partial charge in [0.2, 0.25) is 0 Å². The number of benzene rings is 2. The van der Waals surface area contributed by atoms with Crippen LogP contribution < -0.4 is 16.0 Å². The van der Waals surface area contributed by atoms with Crippen LogP contribution in [0.2, 0.25) is 0 Å². The van der Waals surface area contributed by atoms with Crippen molar-refractivity contribution in [1.29, 1.82) is 0 Å². The van der Waals surface area contributed by atoms with Crippen LogP contribution in [0.1, 0.15) is 54.2 Å². The van der Waals surface area contributed by atoms with E-state index in [-0.39, 0.29) is 18.0 Å². The molecule has 0 radical (unpaired) electrons. The van der Waals surface area contributed by atoms with E-state index in [1.54, 1.807) is 12.1 Å². The molecule has 3 rings (SSSR count). The maximum Gasteiger partial charge on any atom is 0.316 e. The summed E-state index contributed by atoms with van der Waals surface area (Å²) in [4.78, 5) is 25.0. The zero-order valence-electron chi connectivity index (χ0n) is 14.8. The minimum absolute atomic E-state index is 0.213. The second kappa shape index (κ2) is 9.04. The number of urea groups is 1. The van der Waals surface area contributed by atoms with Crippen LogP contribution in [0, 0.1) is 0 Å². The number of rotatable bonds is 5. The van der Waals surface area contributed by atoms with Gasteiger partial charge in [-0.3, -0.25) is 4.79 Å². The summed E-state index contributed by atoms with van der Waals surface area (Å²) >= 11 is 0. The lowest BCUT2D eigenvalue weighted by molar-refractivity contribution is 0.0931. The molecule has 5 nitrogen and oxygen atoms in total. The van der Waals surface area contributed by atoms with Crippen molar-refractivity contribution >= 4 is 11.9 Å². The van der Waals surface area contributed by atoms with Crippen LogP contribution >= 0.6 is 0 Å². The van der Waals surface area contributed by atoms with Crippen molar-refractivity contribution < 1.29 is 9.59 Å². The summed E-state index contributed by atoms with van der Waals surface area (Å²) in [6.07, 6.45) is 4.97. The fourth-order valence-corrected chi connectivity index (χ4v) is 3.26. The third-order valence-electron chi connectivity index (χ3n) is 4.66. The minimum atomic E-state index is -0.590. The fourth-order valence-electron chi connectivity index (χ4n) is 3.26. The molecule has 26 heavy (non-hydrogen) atoms. The zero-order valence-corrected chi connectivity index (χ0v) is 14.8. The molecule has 0 heterocycles. The van der Waals surface area contributed by atoms with Gasteiger partial charge in [-0.15, -0.1) is 0 Å². The normalized spacial score (nSPS) is 15.7. The Labute approximate surface area is 154 Å². The molecule has 1 aliphatic carbocycles. The third kappa shape index (κ3) is 5.09. The lowest BCUT2D eigenvalue weighted by Crippen LogP contribution is -2.48. The quantitative estimate of drug-likeness (QED) is 0.718. The van der Waals surface area contributed by atoms with Crippen molar-refractivity contribution in [3.05, 3.63) is 71.8 Å². The highest BCUT2D eigenvalue weighted by atomic mass is 16.2. The molecule has 1 atom stereocenters. The first-order valence-corrected chi connectivity index (χ1v) is 9.20. The molecule has 3 amide bonds. The number of carbonyl (C=O) groups is 2. The lowest BCUT2D eigenvalue weighted by Gasteiger charge is -2.26. The number of carbonyl (C=O) groups excluding carboxylic acids is 2. The third-order valence-corrected chi connectivity index (χ3v) is 4.66. The maximum absolute atomic E-state index is 12.5. The van der Waals surface area contributed by atoms with Crippen LogP contribution in [0.5, 0.6) is 0 Å². The maximum atomic E-state index is 12.5. The van der Waals surface area contributed by atoms with Crippen LogP contribution in [-0.4, -0.2) is 18.0 Å². The highest BCUT2D eigenvalue weighted by Crippen LogP contribution is 2.17. The Bertz CT molecular complexity index is 713. The smallest absolute Gasteiger partial charge is 0.316 e. The summed E-state index contributed by atoms with van der Waals surface area (Å²) in [5.41, 5.74) is 1.39. The molecule has 0 aliphatic heterocycles. The summed E-state index contributed by atoms with van der Waals surface area (Å²) in [5.74, 6) is -0.225. The van der Waals surface area contributed by atoms with Gasteiger partial charge in [0.25, 0.3) is 5.91 Å². The Morgan fingerprint density at radius 2 is 1.42 bits per heavy atom. The summed E-state index contributed by atoms with van der Waals surface area (Å²) in [6.45, 7) is 0. The van der Waals surface area contributed by atoms with E-state index in [1.165, 1.54) is 6.42 Å². The molecule has 0 spiro atoms. The second-order valence-electron chi connectivity index (χ2n) is 6.64. The van der Waals surface area contributed by atoms with Crippen LogP contribution in [0.15, 0.2) is 60.7 Å². The lowest BCUT2D eigenvalue weighted by atomic mass is 9.96. The van der Waals surface area contributed by atoms with Crippen molar-refractivity contribution in [2.75, 3.05) is 0 Å². The molecule has 2 aromatic carbocycles. The molecule has 0 aromatic heterocycles. The van der Waals surface area contributed by atoms with E-state index in [1.807, 2.05) is 48.5 Å². The number of hydrogen-bond donors (Lipinski definition) is 3. The van der Waals surface area contributed by atoms with E-state index in [4.69, 9.17) is 0 Å². The van der Waals surface area contributed by atoms with Crippen LogP contribution in [-0.2, 0) is 0 Å². The summed E-state index contributed by atoms with van der Waals surface area (Å²) in [5, 5.41) is 8.84. The van der Waals surface area contributed by atoms with Gasteiger partial charge in [-0.2, -0.15) is 0 Å². The molecule has 5 heteroatoms. The fraction of sp³-hybridized carbons (Fsp3) is 0.333. The van der Waals surface area contributed by atoms with Crippen LogP contribution in [0.3, 0.4) is 0 Å². The Morgan fingerprint density at radius 3 is 2.08 bits per heavy atom. The molecule has 136 valence electrons. The van der Waals surface area contributed by atoms with Gasteiger partial charge in [0, 0.05) is 11.6 Å². The van der Waals surface area contributed by atoms with Gasteiger partial charge < -0.3 is 16.0 Å². The van der Waals surface area contributed by atoms with E-state index < -0.39 is 6.17 Å². The average Bonchev–Trinajstić information content (AvgIpc) is 2.69. The summed E-state index contributed by atoms with van der Waals surface area (Å²) in [7, 11) is 0. The SMILES string of the molecule is O=C(NC1CCCCC1)NC(NC(=O)c1ccccc1)c1ccccc1. The Balaban J connectivity index is 1.67. The molecular formula is C21H25N3O2. The number of nitrogens with one attached hydrogen (secondary N) is 3. The van der Waals surface area contributed by atoms with E-state index in [9.17, 15) is 9.59 Å². The van der Waals surface area contributed by atoms with Crippen molar-refractivity contribution in [1.82, 2.24) is 16.0 Å². The number of hydrogen-bond acceptors (Lipinski definition) is 2. The van der Waals surface area contributed by atoms with Gasteiger partial charge in [-0.1, -0.05) is 67.8 Å². The predicted molar refractivity (Wildman–Crippen MR) is 102 cm³/mol. The van der Waals surface area contributed by atoms with Crippen LogP contribution in [0.25, 0.3) is 0 Å². The van der Waals surface area contributed by atoms with E-state index in [0.717, 1.165) is 31.2 Å².